The molecule has 1 heterocycles. The highest BCUT2D eigenvalue weighted by molar-refractivity contribution is 7.99. The van der Waals surface area contributed by atoms with Crippen LogP contribution in [-0.2, 0) is 7.05 Å². The Hall–Kier alpha value is -1.76. The normalized spacial score (nSPS) is 10.6. The van der Waals surface area contributed by atoms with Crippen molar-refractivity contribution in [3.63, 3.8) is 0 Å². The summed E-state index contributed by atoms with van der Waals surface area (Å²) in [5, 5.41) is 6.82. The maximum absolute atomic E-state index is 12.6. The molecule has 0 saturated carbocycles. The fourth-order valence-corrected chi connectivity index (χ4v) is 2.02. The lowest BCUT2D eigenvalue weighted by Crippen LogP contribution is -2.13. The van der Waals surface area contributed by atoms with Gasteiger partial charge in [-0.1, -0.05) is 11.8 Å². The summed E-state index contributed by atoms with van der Waals surface area (Å²) < 4.78 is 19.5. The van der Waals surface area contributed by atoms with Crippen molar-refractivity contribution >= 4 is 11.8 Å². The zero-order chi connectivity index (χ0) is 13.0. The summed E-state index contributed by atoms with van der Waals surface area (Å²) in [4.78, 5) is 11.1. The van der Waals surface area contributed by atoms with Crippen molar-refractivity contribution in [1.82, 2.24) is 14.8 Å². The number of hydrogen-bond acceptors (Lipinski definition) is 4. The van der Waals surface area contributed by atoms with E-state index in [2.05, 4.69) is 10.2 Å². The van der Waals surface area contributed by atoms with Gasteiger partial charge in [0.05, 0.1) is 6.61 Å². The smallest absolute Gasteiger partial charge is 0.343 e. The van der Waals surface area contributed by atoms with Gasteiger partial charge in [0.1, 0.15) is 11.6 Å². The van der Waals surface area contributed by atoms with Crippen LogP contribution in [0.1, 0.15) is 0 Å². The maximum Gasteiger partial charge on any atom is 0.343 e. The maximum atomic E-state index is 12.6. The first-order valence-corrected chi connectivity index (χ1v) is 6.28. The number of nitrogens with one attached hydrogen (secondary N) is 1. The molecular weight excluding hydrogens is 257 g/mol. The van der Waals surface area contributed by atoms with E-state index in [1.807, 2.05) is 0 Å². The summed E-state index contributed by atoms with van der Waals surface area (Å²) in [6, 6.07) is 5.84. The summed E-state index contributed by atoms with van der Waals surface area (Å²) in [5.74, 6) is 0.978. The van der Waals surface area contributed by atoms with Gasteiger partial charge in [0, 0.05) is 12.8 Å². The fraction of sp³-hybridized carbons (Fsp3) is 0.273. The highest BCUT2D eigenvalue weighted by atomic mass is 32.2. The molecule has 0 amide bonds. The fourth-order valence-electron chi connectivity index (χ4n) is 1.28. The number of aromatic amines is 1. The molecule has 0 bridgehead atoms. The van der Waals surface area contributed by atoms with E-state index in [4.69, 9.17) is 4.74 Å². The summed E-state index contributed by atoms with van der Waals surface area (Å²) in [6.07, 6.45) is 0. The first kappa shape index (κ1) is 12.7. The average Bonchev–Trinajstić information content (AvgIpc) is 2.68. The summed E-state index contributed by atoms with van der Waals surface area (Å²) in [5.41, 5.74) is -0.239. The van der Waals surface area contributed by atoms with Crippen LogP contribution >= 0.6 is 11.8 Å². The largest absolute Gasteiger partial charge is 0.493 e. The first-order chi connectivity index (χ1) is 8.66. The highest BCUT2D eigenvalue weighted by Gasteiger charge is 2.04. The zero-order valence-corrected chi connectivity index (χ0v) is 10.5. The van der Waals surface area contributed by atoms with E-state index in [1.54, 1.807) is 19.2 Å². The highest BCUT2D eigenvalue weighted by Crippen LogP contribution is 2.14. The topological polar surface area (TPSA) is 59.9 Å². The molecule has 0 atom stereocenters. The molecule has 2 aromatic rings. The van der Waals surface area contributed by atoms with Gasteiger partial charge in [-0.25, -0.2) is 14.3 Å². The molecule has 0 aliphatic heterocycles. The predicted molar refractivity (Wildman–Crippen MR) is 66.4 cm³/mol. The van der Waals surface area contributed by atoms with Crippen LogP contribution < -0.4 is 10.4 Å². The third kappa shape index (κ3) is 3.13. The molecule has 0 unspecified atom stereocenters. The summed E-state index contributed by atoms with van der Waals surface area (Å²) in [7, 11) is 1.65. The van der Waals surface area contributed by atoms with Gasteiger partial charge in [-0.05, 0) is 24.3 Å². The second-order valence-electron chi connectivity index (χ2n) is 3.52. The molecule has 0 aliphatic carbocycles. The van der Waals surface area contributed by atoms with Crippen LogP contribution in [-0.4, -0.2) is 27.1 Å². The molecule has 1 aromatic carbocycles. The summed E-state index contributed by atoms with van der Waals surface area (Å²) in [6.45, 7) is 0.456. The lowest BCUT2D eigenvalue weighted by molar-refractivity contribution is 0.343. The molecule has 0 radical (unpaired) electrons. The molecule has 5 nitrogen and oxygen atoms in total. The minimum atomic E-state index is -0.289. The Morgan fingerprint density at radius 3 is 2.78 bits per heavy atom. The van der Waals surface area contributed by atoms with Crippen LogP contribution in [0.25, 0.3) is 0 Å². The SMILES string of the molecule is Cn1c(SCCOc2ccc(F)cc2)n[nH]c1=O. The van der Waals surface area contributed by atoms with E-state index in [9.17, 15) is 9.18 Å². The third-order valence-electron chi connectivity index (χ3n) is 2.24. The molecule has 7 heteroatoms. The zero-order valence-electron chi connectivity index (χ0n) is 9.72. The van der Waals surface area contributed by atoms with Crippen molar-refractivity contribution < 1.29 is 9.13 Å². The quantitative estimate of drug-likeness (QED) is 0.658. The molecule has 0 spiro atoms. The van der Waals surface area contributed by atoms with E-state index >= 15 is 0 Å². The molecule has 1 N–H and O–H groups in total. The number of benzene rings is 1. The Balaban J connectivity index is 1.78. The Labute approximate surface area is 107 Å². The van der Waals surface area contributed by atoms with Gasteiger partial charge in [0.2, 0.25) is 0 Å². The van der Waals surface area contributed by atoms with Crippen LogP contribution in [0.4, 0.5) is 4.39 Å². The van der Waals surface area contributed by atoms with Gasteiger partial charge in [-0.3, -0.25) is 4.57 Å². The van der Waals surface area contributed by atoms with Crippen molar-refractivity contribution in [2.24, 2.45) is 7.05 Å². The van der Waals surface area contributed by atoms with Crippen molar-refractivity contribution in [2.75, 3.05) is 12.4 Å². The number of rotatable bonds is 5. The van der Waals surface area contributed by atoms with E-state index in [-0.39, 0.29) is 11.5 Å². The molecule has 0 saturated heterocycles. The number of ether oxygens (including phenoxy) is 1. The molecular formula is C11H12FN3O2S. The van der Waals surface area contributed by atoms with Crippen molar-refractivity contribution in [3.8, 4) is 5.75 Å². The molecule has 0 fully saturated rings. The monoisotopic (exact) mass is 269 g/mol. The van der Waals surface area contributed by atoms with E-state index in [1.165, 1.54) is 28.5 Å². The van der Waals surface area contributed by atoms with Gasteiger partial charge in [0.25, 0.3) is 0 Å². The standard InChI is InChI=1S/C11H12FN3O2S/c1-15-10(16)13-14-11(15)18-7-6-17-9-4-2-8(12)3-5-9/h2-5H,6-7H2,1H3,(H,13,16). The Morgan fingerprint density at radius 1 is 1.44 bits per heavy atom. The average molecular weight is 269 g/mol. The van der Waals surface area contributed by atoms with Crippen LogP contribution in [0.15, 0.2) is 34.2 Å². The number of nitrogens with zero attached hydrogens (tertiary/aromatic N) is 2. The second kappa shape index (κ2) is 5.72. The van der Waals surface area contributed by atoms with Gasteiger partial charge in [-0.2, -0.15) is 0 Å². The Bertz CT molecular complexity index is 564. The number of aromatic nitrogens is 3. The van der Waals surface area contributed by atoms with Crippen molar-refractivity contribution in [2.45, 2.75) is 5.16 Å². The minimum absolute atomic E-state index is 0.239. The molecule has 18 heavy (non-hydrogen) atoms. The third-order valence-corrected chi connectivity index (χ3v) is 3.23. The van der Waals surface area contributed by atoms with Crippen LogP contribution in [0.2, 0.25) is 0 Å². The van der Waals surface area contributed by atoms with Crippen LogP contribution in [0, 0.1) is 5.82 Å². The molecule has 96 valence electrons. The minimum Gasteiger partial charge on any atom is -0.493 e. The number of thioether (sulfide) groups is 1. The Morgan fingerprint density at radius 2 is 2.17 bits per heavy atom. The van der Waals surface area contributed by atoms with Crippen molar-refractivity contribution in [1.29, 1.82) is 0 Å². The lowest BCUT2D eigenvalue weighted by atomic mass is 10.3. The van der Waals surface area contributed by atoms with Crippen LogP contribution in [0.3, 0.4) is 0 Å². The van der Waals surface area contributed by atoms with Gasteiger partial charge in [-0.15, -0.1) is 5.10 Å². The number of hydrogen-bond donors (Lipinski definition) is 1. The van der Waals surface area contributed by atoms with E-state index in [0.717, 1.165) is 0 Å². The van der Waals surface area contributed by atoms with Crippen molar-refractivity contribution in [3.05, 3.63) is 40.6 Å². The molecule has 0 aliphatic rings. The number of halogens is 1. The van der Waals surface area contributed by atoms with E-state index < -0.39 is 0 Å². The number of H-pyrrole nitrogens is 1. The molecule has 2 rings (SSSR count). The van der Waals surface area contributed by atoms with E-state index in [0.29, 0.717) is 23.3 Å². The summed E-state index contributed by atoms with van der Waals surface area (Å²) >= 11 is 1.41. The predicted octanol–water partition coefficient (Wildman–Crippen LogP) is 1.42. The lowest BCUT2D eigenvalue weighted by Gasteiger charge is -2.05. The Kier molecular flexibility index (Phi) is 4.03. The second-order valence-corrected chi connectivity index (χ2v) is 4.58. The van der Waals surface area contributed by atoms with Gasteiger partial charge < -0.3 is 4.74 Å². The van der Waals surface area contributed by atoms with Gasteiger partial charge in [0.15, 0.2) is 5.16 Å². The molecule has 1 aromatic heterocycles. The first-order valence-electron chi connectivity index (χ1n) is 5.29. The van der Waals surface area contributed by atoms with Crippen LogP contribution in [0.5, 0.6) is 5.75 Å². The van der Waals surface area contributed by atoms with Gasteiger partial charge >= 0.3 is 5.69 Å².